The lowest BCUT2D eigenvalue weighted by Gasteiger charge is -2.32. The van der Waals surface area contributed by atoms with Crippen LogP contribution in [0.25, 0.3) is 0 Å². The number of carbonyl (C=O) groups excluding carboxylic acids is 1. The number of carbonyl (C=O) groups is 1. The van der Waals surface area contributed by atoms with Crippen molar-refractivity contribution in [3.63, 3.8) is 0 Å². The lowest BCUT2D eigenvalue weighted by atomic mass is 9.90. The van der Waals surface area contributed by atoms with Gasteiger partial charge < -0.3 is 10.2 Å². The van der Waals surface area contributed by atoms with E-state index < -0.39 is 0 Å². The molecule has 1 N–H and O–H groups in total. The molecule has 0 radical (unpaired) electrons. The first-order valence-corrected chi connectivity index (χ1v) is 12.3. The molecule has 4 heteroatoms. The third-order valence-corrected chi connectivity index (χ3v) is 6.33. The molecule has 3 nitrogen and oxygen atoms in total. The predicted molar refractivity (Wildman–Crippen MR) is 131 cm³/mol. The Morgan fingerprint density at radius 2 is 1.53 bits per heavy atom. The highest BCUT2D eigenvalue weighted by atomic mass is 35.5. The normalized spacial score (nSPS) is 15.0. The van der Waals surface area contributed by atoms with Gasteiger partial charge in [0.15, 0.2) is 0 Å². The number of likely N-dealkylation sites (tertiary alicyclic amines) is 1. The van der Waals surface area contributed by atoms with Crippen LogP contribution < -0.4 is 5.32 Å². The zero-order valence-electron chi connectivity index (χ0n) is 19.2. The van der Waals surface area contributed by atoms with Gasteiger partial charge in [-0.05, 0) is 50.3 Å². The number of benzene rings is 1. The van der Waals surface area contributed by atoms with E-state index >= 15 is 0 Å². The van der Waals surface area contributed by atoms with Crippen molar-refractivity contribution in [2.75, 3.05) is 26.2 Å². The third-order valence-electron chi connectivity index (χ3n) is 6.33. The van der Waals surface area contributed by atoms with Gasteiger partial charge in [0.1, 0.15) is 0 Å². The standard InChI is InChI=1S/C26H44N2O.ClH/c1-2-3-4-5-6-7-8-9-13-16-26(29)27-19-22-28-20-17-25(18-21-28)23-24-14-11-10-12-15-24;/h10-12,14-15,25H,2-9,13,16-23H2,1H3,(H,27,29);1H. The summed E-state index contributed by atoms with van der Waals surface area (Å²) in [4.78, 5) is 14.5. The molecular weight excluding hydrogens is 392 g/mol. The van der Waals surface area contributed by atoms with Crippen molar-refractivity contribution in [3.05, 3.63) is 35.9 Å². The fraction of sp³-hybridized carbons (Fsp3) is 0.731. The van der Waals surface area contributed by atoms with Crippen LogP contribution in [0.15, 0.2) is 30.3 Å². The number of hydrogen-bond donors (Lipinski definition) is 1. The Hall–Kier alpha value is -1.06. The Balaban J connectivity index is 0.00000450. The van der Waals surface area contributed by atoms with Crippen LogP contribution in [-0.2, 0) is 11.2 Å². The number of piperidine rings is 1. The molecule has 1 aromatic rings. The molecule has 2 rings (SSSR count). The summed E-state index contributed by atoms with van der Waals surface area (Å²) in [5, 5.41) is 3.13. The molecule has 0 atom stereocenters. The largest absolute Gasteiger partial charge is 0.355 e. The van der Waals surface area contributed by atoms with E-state index in [1.807, 2.05) is 0 Å². The summed E-state index contributed by atoms with van der Waals surface area (Å²) in [6.07, 6.45) is 16.2. The second-order valence-electron chi connectivity index (χ2n) is 8.90. The zero-order chi connectivity index (χ0) is 20.6. The summed E-state index contributed by atoms with van der Waals surface area (Å²) >= 11 is 0. The highest BCUT2D eigenvalue weighted by molar-refractivity contribution is 5.85. The van der Waals surface area contributed by atoms with Crippen molar-refractivity contribution in [2.45, 2.75) is 90.4 Å². The van der Waals surface area contributed by atoms with E-state index in [0.29, 0.717) is 6.42 Å². The summed E-state index contributed by atoms with van der Waals surface area (Å²) in [5.74, 6) is 1.06. The number of unbranched alkanes of at least 4 members (excludes halogenated alkanes) is 8. The minimum absolute atomic E-state index is 0. The van der Waals surface area contributed by atoms with Crippen LogP contribution in [0.5, 0.6) is 0 Å². The minimum Gasteiger partial charge on any atom is -0.355 e. The van der Waals surface area contributed by atoms with Crippen molar-refractivity contribution < 1.29 is 4.79 Å². The third kappa shape index (κ3) is 12.6. The molecule has 172 valence electrons. The van der Waals surface area contributed by atoms with Gasteiger partial charge in [0, 0.05) is 19.5 Å². The summed E-state index contributed by atoms with van der Waals surface area (Å²) in [6, 6.07) is 10.9. The first-order chi connectivity index (χ1) is 14.3. The van der Waals surface area contributed by atoms with Crippen molar-refractivity contribution in [3.8, 4) is 0 Å². The van der Waals surface area contributed by atoms with Gasteiger partial charge in [0.2, 0.25) is 5.91 Å². The Labute approximate surface area is 191 Å². The van der Waals surface area contributed by atoms with Gasteiger partial charge in [-0.25, -0.2) is 0 Å². The number of halogens is 1. The smallest absolute Gasteiger partial charge is 0.220 e. The number of nitrogens with zero attached hydrogens (tertiary/aromatic N) is 1. The molecule has 30 heavy (non-hydrogen) atoms. The topological polar surface area (TPSA) is 32.3 Å². The number of hydrogen-bond acceptors (Lipinski definition) is 2. The van der Waals surface area contributed by atoms with Crippen molar-refractivity contribution in [1.82, 2.24) is 10.2 Å². The molecule has 0 aromatic heterocycles. The maximum Gasteiger partial charge on any atom is 0.220 e. The molecule has 0 bridgehead atoms. The van der Waals surface area contributed by atoms with Gasteiger partial charge in [-0.15, -0.1) is 12.4 Å². The van der Waals surface area contributed by atoms with E-state index in [4.69, 9.17) is 0 Å². The SMILES string of the molecule is CCCCCCCCCCCC(=O)NCCN1CCC(Cc2ccccc2)CC1.Cl. The van der Waals surface area contributed by atoms with E-state index in [1.54, 1.807) is 0 Å². The average Bonchev–Trinajstić information content (AvgIpc) is 2.74. The van der Waals surface area contributed by atoms with Crippen LogP contribution in [0, 0.1) is 5.92 Å². The predicted octanol–water partition coefficient (Wildman–Crippen LogP) is 6.40. The molecule has 1 saturated heterocycles. The first kappa shape index (κ1) is 27.0. The van der Waals surface area contributed by atoms with Gasteiger partial charge >= 0.3 is 0 Å². The Kier molecular flexibility index (Phi) is 15.8. The molecule has 0 unspecified atom stereocenters. The molecule has 1 aromatic carbocycles. The van der Waals surface area contributed by atoms with Crippen LogP contribution in [0.1, 0.15) is 89.5 Å². The lowest BCUT2D eigenvalue weighted by molar-refractivity contribution is -0.121. The van der Waals surface area contributed by atoms with Crippen LogP contribution in [0.3, 0.4) is 0 Å². The van der Waals surface area contributed by atoms with Gasteiger partial charge in [-0.1, -0.05) is 88.6 Å². The quantitative estimate of drug-likeness (QED) is 0.322. The summed E-state index contributed by atoms with van der Waals surface area (Å²) in [5.41, 5.74) is 1.47. The monoisotopic (exact) mass is 436 g/mol. The molecule has 0 saturated carbocycles. The van der Waals surface area contributed by atoms with Gasteiger partial charge in [0.25, 0.3) is 0 Å². The molecule has 0 aliphatic carbocycles. The highest BCUT2D eigenvalue weighted by Gasteiger charge is 2.19. The van der Waals surface area contributed by atoms with E-state index in [9.17, 15) is 4.79 Å². The van der Waals surface area contributed by atoms with Gasteiger partial charge in [0.05, 0.1) is 0 Å². The Bertz CT molecular complexity index is 529. The van der Waals surface area contributed by atoms with Gasteiger partial charge in [-0.3, -0.25) is 4.79 Å². The minimum atomic E-state index is 0. The zero-order valence-corrected chi connectivity index (χ0v) is 20.1. The molecule has 1 amide bonds. The molecule has 1 heterocycles. The molecule has 1 fully saturated rings. The second kappa shape index (κ2) is 17.6. The molecule has 1 aliphatic rings. The van der Waals surface area contributed by atoms with Crippen LogP contribution in [0.4, 0.5) is 0 Å². The van der Waals surface area contributed by atoms with Crippen LogP contribution >= 0.6 is 12.4 Å². The summed E-state index contributed by atoms with van der Waals surface area (Å²) in [7, 11) is 0. The summed E-state index contributed by atoms with van der Waals surface area (Å²) < 4.78 is 0. The van der Waals surface area contributed by atoms with E-state index in [0.717, 1.165) is 25.4 Å². The number of nitrogens with one attached hydrogen (secondary N) is 1. The van der Waals surface area contributed by atoms with E-state index in [1.165, 1.54) is 89.3 Å². The maximum atomic E-state index is 12.0. The fourth-order valence-electron chi connectivity index (χ4n) is 4.40. The lowest BCUT2D eigenvalue weighted by Crippen LogP contribution is -2.39. The Morgan fingerprint density at radius 1 is 0.933 bits per heavy atom. The molecular formula is C26H45ClN2O. The molecule has 1 aliphatic heterocycles. The maximum absolute atomic E-state index is 12.0. The fourth-order valence-corrected chi connectivity index (χ4v) is 4.40. The number of amides is 1. The second-order valence-corrected chi connectivity index (χ2v) is 8.90. The van der Waals surface area contributed by atoms with Crippen LogP contribution in [0.2, 0.25) is 0 Å². The average molecular weight is 437 g/mol. The van der Waals surface area contributed by atoms with Crippen molar-refractivity contribution in [1.29, 1.82) is 0 Å². The van der Waals surface area contributed by atoms with Gasteiger partial charge in [-0.2, -0.15) is 0 Å². The van der Waals surface area contributed by atoms with E-state index in [-0.39, 0.29) is 18.3 Å². The Morgan fingerprint density at radius 3 is 2.17 bits per heavy atom. The molecule has 0 spiro atoms. The van der Waals surface area contributed by atoms with Crippen molar-refractivity contribution in [2.24, 2.45) is 5.92 Å². The highest BCUT2D eigenvalue weighted by Crippen LogP contribution is 2.21. The number of rotatable bonds is 15. The van der Waals surface area contributed by atoms with E-state index in [2.05, 4.69) is 47.5 Å². The van der Waals surface area contributed by atoms with Crippen LogP contribution in [-0.4, -0.2) is 37.0 Å². The van der Waals surface area contributed by atoms with Crippen molar-refractivity contribution >= 4 is 18.3 Å². The first-order valence-electron chi connectivity index (χ1n) is 12.3. The summed E-state index contributed by atoms with van der Waals surface area (Å²) in [6.45, 7) is 6.42.